The van der Waals surface area contributed by atoms with Crippen LogP contribution in [0.4, 0.5) is 0 Å². The molecule has 0 amide bonds. The van der Waals surface area contributed by atoms with Crippen LogP contribution in [0.15, 0.2) is 32.4 Å². The zero-order valence-electron chi connectivity index (χ0n) is 29.6. The highest BCUT2D eigenvalue weighted by Crippen LogP contribution is 2.45. The summed E-state index contributed by atoms with van der Waals surface area (Å²) in [4.78, 5) is 57.3. The second-order valence-electron chi connectivity index (χ2n) is 13.9. The summed E-state index contributed by atoms with van der Waals surface area (Å²) in [5.41, 5.74) is -3.57. The standard InChI is InChI=1S/C34H55N3O9/c1-12-14-18-42-21-34(24(4)16-17-35-11)26(43-19-15-13-2)25(45-30(40)33(8,9)10)28(46-34)36-20-23(3)27(38)37(31(36)41)22-44-29(39)32(5,6)7/h16-17,20,25-26,28H,12-15,18-19,21-22H2,1-11H3/b24-16+,35-17?/t25-,26?,28+,34-/m0/s1. The van der Waals surface area contributed by atoms with Gasteiger partial charge in [0.1, 0.15) is 11.7 Å². The third-order valence-corrected chi connectivity index (χ3v) is 7.70. The van der Waals surface area contributed by atoms with Gasteiger partial charge in [-0.05, 0) is 79.9 Å². The summed E-state index contributed by atoms with van der Waals surface area (Å²) in [7, 11) is 1.65. The van der Waals surface area contributed by atoms with Crippen LogP contribution in [0.25, 0.3) is 0 Å². The second-order valence-corrected chi connectivity index (χ2v) is 13.9. The number of aryl methyl sites for hydroxylation is 1. The van der Waals surface area contributed by atoms with Gasteiger partial charge in [-0.2, -0.15) is 0 Å². The highest BCUT2D eigenvalue weighted by molar-refractivity contribution is 5.76. The molecule has 0 N–H and O–H groups in total. The first kappa shape index (κ1) is 39.1. The molecule has 0 radical (unpaired) electrons. The Morgan fingerprint density at radius 3 is 2.20 bits per heavy atom. The number of nitrogens with zero attached hydrogens (tertiary/aromatic N) is 3. The molecule has 46 heavy (non-hydrogen) atoms. The lowest BCUT2D eigenvalue weighted by atomic mass is 9.87. The van der Waals surface area contributed by atoms with Crippen molar-refractivity contribution in [2.75, 3.05) is 26.9 Å². The van der Waals surface area contributed by atoms with E-state index in [4.69, 9.17) is 23.7 Å². The molecular weight excluding hydrogens is 594 g/mol. The number of carbonyl (C=O) groups is 2. The van der Waals surface area contributed by atoms with Gasteiger partial charge in [0, 0.05) is 38.2 Å². The Morgan fingerprint density at radius 2 is 1.63 bits per heavy atom. The Hall–Kier alpha value is -3.09. The lowest BCUT2D eigenvalue weighted by Gasteiger charge is -2.36. The molecule has 2 heterocycles. The number of ether oxygens (including phenoxy) is 5. The number of unbranched alkanes of at least 4 members (excludes halogenated alkanes) is 2. The van der Waals surface area contributed by atoms with Crippen LogP contribution >= 0.6 is 0 Å². The van der Waals surface area contributed by atoms with Crippen molar-refractivity contribution < 1.29 is 33.3 Å². The summed E-state index contributed by atoms with van der Waals surface area (Å²) in [6.07, 6.45) is 4.86. The predicted octanol–water partition coefficient (Wildman–Crippen LogP) is 4.74. The molecule has 2 rings (SSSR count). The SMILES string of the molecule is CCCCOC[C@@]1(/C(C)=C/C=NC)O[C@@H](n2cc(C)c(=O)n(COC(=O)C(C)(C)C)c2=O)[C@@H](OC(=O)C(C)(C)C)C1OCCCC. The first-order valence-corrected chi connectivity index (χ1v) is 16.1. The number of hydrogen-bond donors (Lipinski definition) is 0. The average Bonchev–Trinajstić information content (AvgIpc) is 3.28. The second kappa shape index (κ2) is 16.6. The van der Waals surface area contributed by atoms with E-state index < -0.39 is 64.8 Å². The maximum absolute atomic E-state index is 14.0. The third-order valence-electron chi connectivity index (χ3n) is 7.70. The molecule has 1 saturated heterocycles. The Labute approximate surface area is 273 Å². The minimum absolute atomic E-state index is 0.0420. The molecular formula is C34H55N3O9. The van der Waals surface area contributed by atoms with Crippen molar-refractivity contribution in [3.63, 3.8) is 0 Å². The Kier molecular flexibility index (Phi) is 14.1. The summed E-state index contributed by atoms with van der Waals surface area (Å²) in [5, 5.41) is 0. The fraction of sp³-hybridized carbons (Fsp3) is 0.735. The van der Waals surface area contributed by atoms with Crippen LogP contribution in [0.2, 0.25) is 0 Å². The van der Waals surface area contributed by atoms with Crippen LogP contribution in [0.1, 0.15) is 99.8 Å². The van der Waals surface area contributed by atoms with Gasteiger partial charge in [-0.15, -0.1) is 0 Å². The third kappa shape index (κ3) is 9.48. The van der Waals surface area contributed by atoms with Crippen molar-refractivity contribution in [2.24, 2.45) is 15.8 Å². The summed E-state index contributed by atoms with van der Waals surface area (Å²) in [6, 6.07) is 0. The fourth-order valence-corrected chi connectivity index (χ4v) is 4.72. The van der Waals surface area contributed by atoms with Gasteiger partial charge < -0.3 is 23.7 Å². The normalized spacial score (nSPS) is 22.4. The number of esters is 2. The van der Waals surface area contributed by atoms with E-state index >= 15 is 0 Å². The molecule has 1 aliphatic heterocycles. The van der Waals surface area contributed by atoms with Gasteiger partial charge in [-0.25, -0.2) is 9.36 Å². The summed E-state index contributed by atoms with van der Waals surface area (Å²) in [5.74, 6) is -1.10. The van der Waals surface area contributed by atoms with Gasteiger partial charge in [0.25, 0.3) is 5.56 Å². The molecule has 1 aromatic rings. The molecule has 1 aliphatic rings. The van der Waals surface area contributed by atoms with E-state index in [2.05, 4.69) is 11.9 Å². The zero-order valence-corrected chi connectivity index (χ0v) is 29.6. The van der Waals surface area contributed by atoms with E-state index in [1.807, 2.05) is 13.8 Å². The van der Waals surface area contributed by atoms with Crippen molar-refractivity contribution in [3.05, 3.63) is 44.2 Å². The van der Waals surface area contributed by atoms with Gasteiger partial charge in [0.2, 0.25) is 0 Å². The number of rotatable bonds is 15. The van der Waals surface area contributed by atoms with Gasteiger partial charge in [0.15, 0.2) is 19.1 Å². The highest BCUT2D eigenvalue weighted by atomic mass is 16.7. The Morgan fingerprint density at radius 1 is 1.02 bits per heavy atom. The lowest BCUT2D eigenvalue weighted by molar-refractivity contribution is -0.170. The van der Waals surface area contributed by atoms with Gasteiger partial charge >= 0.3 is 17.6 Å². The lowest BCUT2D eigenvalue weighted by Crippen LogP contribution is -2.51. The molecule has 0 bridgehead atoms. The topological polar surface area (TPSA) is 137 Å². The first-order valence-electron chi connectivity index (χ1n) is 16.1. The first-order chi connectivity index (χ1) is 21.5. The molecule has 0 saturated carbocycles. The molecule has 0 aliphatic carbocycles. The molecule has 4 atom stereocenters. The van der Waals surface area contributed by atoms with Crippen molar-refractivity contribution >= 4 is 18.2 Å². The number of aliphatic imine (C=N–C) groups is 1. The van der Waals surface area contributed by atoms with Crippen molar-refractivity contribution in [1.82, 2.24) is 9.13 Å². The van der Waals surface area contributed by atoms with Crippen molar-refractivity contribution in [2.45, 2.75) is 126 Å². The van der Waals surface area contributed by atoms with Crippen LogP contribution in [-0.4, -0.2) is 72.0 Å². The van der Waals surface area contributed by atoms with Crippen LogP contribution in [0.3, 0.4) is 0 Å². The van der Waals surface area contributed by atoms with E-state index in [1.54, 1.807) is 67.8 Å². The van der Waals surface area contributed by atoms with E-state index in [0.29, 0.717) is 18.8 Å². The molecule has 1 aromatic heterocycles. The molecule has 1 fully saturated rings. The van der Waals surface area contributed by atoms with E-state index in [0.717, 1.165) is 30.3 Å². The maximum Gasteiger partial charge on any atom is 0.336 e. The number of carbonyl (C=O) groups excluding carboxylic acids is 2. The minimum atomic E-state index is -1.30. The minimum Gasteiger partial charge on any atom is -0.454 e. The van der Waals surface area contributed by atoms with E-state index in [9.17, 15) is 19.2 Å². The van der Waals surface area contributed by atoms with Gasteiger partial charge in [-0.1, -0.05) is 26.7 Å². The monoisotopic (exact) mass is 649 g/mol. The summed E-state index contributed by atoms with van der Waals surface area (Å²) >= 11 is 0. The Balaban J connectivity index is 2.86. The molecule has 0 spiro atoms. The summed E-state index contributed by atoms with van der Waals surface area (Å²) < 4.78 is 33.1. The molecule has 1 unspecified atom stereocenters. The van der Waals surface area contributed by atoms with Crippen LogP contribution in [0, 0.1) is 17.8 Å². The quantitative estimate of drug-likeness (QED) is 0.150. The van der Waals surface area contributed by atoms with Crippen molar-refractivity contribution in [1.29, 1.82) is 0 Å². The number of allylic oxidation sites excluding steroid dienone is 1. The van der Waals surface area contributed by atoms with Crippen LogP contribution < -0.4 is 11.2 Å². The van der Waals surface area contributed by atoms with E-state index in [-0.39, 0.29) is 12.2 Å². The van der Waals surface area contributed by atoms with E-state index in [1.165, 1.54) is 10.8 Å². The average molecular weight is 650 g/mol. The molecule has 12 nitrogen and oxygen atoms in total. The number of hydrogen-bond acceptors (Lipinski definition) is 10. The predicted molar refractivity (Wildman–Crippen MR) is 176 cm³/mol. The van der Waals surface area contributed by atoms with Crippen LogP contribution in [0.5, 0.6) is 0 Å². The largest absolute Gasteiger partial charge is 0.454 e. The maximum atomic E-state index is 14.0. The van der Waals surface area contributed by atoms with Crippen molar-refractivity contribution in [3.8, 4) is 0 Å². The fourth-order valence-electron chi connectivity index (χ4n) is 4.72. The zero-order chi connectivity index (χ0) is 34.9. The molecule has 12 heteroatoms. The molecule has 0 aromatic carbocycles. The van der Waals surface area contributed by atoms with Gasteiger partial charge in [0.05, 0.1) is 17.4 Å². The Bertz CT molecular complexity index is 1360. The number of aromatic nitrogens is 2. The summed E-state index contributed by atoms with van der Waals surface area (Å²) in [6.45, 7) is 18.0. The smallest absolute Gasteiger partial charge is 0.336 e. The van der Waals surface area contributed by atoms with Crippen LogP contribution in [-0.2, 0) is 40.0 Å². The van der Waals surface area contributed by atoms with Gasteiger partial charge in [-0.3, -0.25) is 23.9 Å². The molecule has 260 valence electrons. The highest BCUT2D eigenvalue weighted by Gasteiger charge is 2.60.